The Morgan fingerprint density at radius 2 is 1.43 bits per heavy atom. The van der Waals surface area contributed by atoms with Crippen molar-refractivity contribution in [3.63, 3.8) is 0 Å². The van der Waals surface area contributed by atoms with Gasteiger partial charge in [0.2, 0.25) is 0 Å². The molecular weight excluding hydrogens is 392 g/mol. The molecule has 0 fully saturated rings. The SMILES string of the molecule is CCCCCCCCCCCCCCCCSCCN=Cc1cccc([N+](=O)[O-])c1. The summed E-state index contributed by atoms with van der Waals surface area (Å²) in [4.78, 5) is 14.8. The van der Waals surface area contributed by atoms with Gasteiger partial charge in [0.15, 0.2) is 0 Å². The normalized spacial score (nSPS) is 11.4. The molecule has 170 valence electrons. The number of nitrogens with zero attached hydrogens (tertiary/aromatic N) is 2. The van der Waals surface area contributed by atoms with E-state index in [0.717, 1.165) is 17.9 Å². The molecule has 4 nitrogen and oxygen atoms in total. The van der Waals surface area contributed by atoms with Gasteiger partial charge in [-0.1, -0.05) is 103 Å². The molecule has 0 saturated heterocycles. The van der Waals surface area contributed by atoms with Crippen LogP contribution in [0.25, 0.3) is 0 Å². The molecule has 1 aromatic carbocycles. The molecular formula is C25H42N2O2S. The fraction of sp³-hybridized carbons (Fsp3) is 0.720. The van der Waals surface area contributed by atoms with Crippen molar-refractivity contribution in [3.05, 3.63) is 39.9 Å². The minimum Gasteiger partial charge on any atom is -0.292 e. The number of unbranched alkanes of at least 4 members (excludes halogenated alkanes) is 13. The van der Waals surface area contributed by atoms with Gasteiger partial charge in [-0.3, -0.25) is 15.1 Å². The molecule has 0 aromatic heterocycles. The second kappa shape index (κ2) is 19.6. The Kier molecular flexibility index (Phi) is 17.4. The lowest BCUT2D eigenvalue weighted by Crippen LogP contribution is -1.92. The average Bonchev–Trinajstić information content (AvgIpc) is 2.75. The fourth-order valence-electron chi connectivity index (χ4n) is 3.51. The Morgan fingerprint density at radius 3 is 2.00 bits per heavy atom. The highest BCUT2D eigenvalue weighted by molar-refractivity contribution is 7.99. The van der Waals surface area contributed by atoms with E-state index < -0.39 is 0 Å². The first kappa shape index (κ1) is 26.7. The van der Waals surface area contributed by atoms with E-state index in [9.17, 15) is 10.1 Å². The van der Waals surface area contributed by atoms with Crippen LogP contribution >= 0.6 is 11.8 Å². The lowest BCUT2D eigenvalue weighted by molar-refractivity contribution is -0.384. The number of nitro groups is 1. The Morgan fingerprint density at radius 1 is 0.867 bits per heavy atom. The summed E-state index contributed by atoms with van der Waals surface area (Å²) in [7, 11) is 0. The summed E-state index contributed by atoms with van der Waals surface area (Å²) in [5.74, 6) is 2.23. The van der Waals surface area contributed by atoms with Crippen LogP contribution < -0.4 is 0 Å². The van der Waals surface area contributed by atoms with E-state index in [1.54, 1.807) is 18.3 Å². The van der Waals surface area contributed by atoms with E-state index in [-0.39, 0.29) is 10.6 Å². The van der Waals surface area contributed by atoms with E-state index in [2.05, 4.69) is 11.9 Å². The highest BCUT2D eigenvalue weighted by Crippen LogP contribution is 2.14. The van der Waals surface area contributed by atoms with Crippen molar-refractivity contribution in [2.45, 2.75) is 96.8 Å². The van der Waals surface area contributed by atoms with Gasteiger partial charge >= 0.3 is 0 Å². The summed E-state index contributed by atoms with van der Waals surface area (Å²) in [6.45, 7) is 3.05. The van der Waals surface area contributed by atoms with E-state index in [1.165, 1.54) is 102 Å². The lowest BCUT2D eigenvalue weighted by Gasteiger charge is -2.03. The zero-order chi connectivity index (χ0) is 21.7. The Balaban J connectivity index is 1.82. The van der Waals surface area contributed by atoms with E-state index in [1.807, 2.05) is 17.8 Å². The number of non-ortho nitro benzene ring substituents is 1. The molecule has 0 spiro atoms. The first-order valence-electron chi connectivity index (χ1n) is 12.1. The topological polar surface area (TPSA) is 55.5 Å². The van der Waals surface area contributed by atoms with Crippen LogP contribution in [0.4, 0.5) is 5.69 Å². The maximum atomic E-state index is 10.8. The molecule has 0 aliphatic heterocycles. The molecule has 0 unspecified atom stereocenters. The predicted molar refractivity (Wildman–Crippen MR) is 133 cm³/mol. The van der Waals surface area contributed by atoms with E-state index in [0.29, 0.717) is 0 Å². The van der Waals surface area contributed by atoms with Crippen LogP contribution in [0.15, 0.2) is 29.3 Å². The number of hydrogen-bond acceptors (Lipinski definition) is 4. The third kappa shape index (κ3) is 15.5. The van der Waals surface area contributed by atoms with Crippen molar-refractivity contribution in [3.8, 4) is 0 Å². The zero-order valence-corrected chi connectivity index (χ0v) is 19.8. The second-order valence-electron chi connectivity index (χ2n) is 8.10. The van der Waals surface area contributed by atoms with Crippen LogP contribution in [-0.2, 0) is 0 Å². The fourth-order valence-corrected chi connectivity index (χ4v) is 4.35. The highest BCUT2D eigenvalue weighted by Gasteiger charge is 2.03. The van der Waals surface area contributed by atoms with Crippen LogP contribution in [-0.4, -0.2) is 29.2 Å². The molecule has 0 aliphatic carbocycles. The first-order valence-corrected chi connectivity index (χ1v) is 13.2. The predicted octanol–water partition coefficient (Wildman–Crippen LogP) is 8.23. The Hall–Kier alpha value is -1.36. The molecule has 1 aromatic rings. The van der Waals surface area contributed by atoms with Gasteiger partial charge in [-0.25, -0.2) is 0 Å². The van der Waals surface area contributed by atoms with Gasteiger partial charge in [0.05, 0.1) is 4.92 Å². The molecule has 0 amide bonds. The monoisotopic (exact) mass is 434 g/mol. The number of benzene rings is 1. The Labute approximate surface area is 188 Å². The summed E-state index contributed by atoms with van der Waals surface area (Å²) in [5.41, 5.74) is 0.910. The summed E-state index contributed by atoms with van der Waals surface area (Å²) in [5, 5.41) is 10.8. The molecule has 30 heavy (non-hydrogen) atoms. The lowest BCUT2D eigenvalue weighted by atomic mass is 10.0. The van der Waals surface area contributed by atoms with Gasteiger partial charge in [-0.05, 0) is 17.7 Å². The van der Waals surface area contributed by atoms with Gasteiger partial charge in [0.25, 0.3) is 5.69 Å². The molecule has 0 N–H and O–H groups in total. The molecule has 0 saturated carbocycles. The third-order valence-corrected chi connectivity index (χ3v) is 6.38. The smallest absolute Gasteiger partial charge is 0.270 e. The Bertz CT molecular complexity index is 578. The van der Waals surface area contributed by atoms with E-state index in [4.69, 9.17) is 0 Å². The molecule has 0 radical (unpaired) electrons. The number of nitro benzene ring substituents is 1. The molecule has 0 bridgehead atoms. The first-order chi connectivity index (χ1) is 14.7. The van der Waals surface area contributed by atoms with Crippen LogP contribution in [0.1, 0.15) is 102 Å². The largest absolute Gasteiger partial charge is 0.292 e. The molecule has 5 heteroatoms. The number of aliphatic imine (C=N–C) groups is 1. The average molecular weight is 435 g/mol. The van der Waals surface area contributed by atoms with Crippen LogP contribution in [0.2, 0.25) is 0 Å². The highest BCUT2D eigenvalue weighted by atomic mass is 32.2. The summed E-state index contributed by atoms with van der Waals surface area (Å²) in [6.07, 6.45) is 21.4. The minimum absolute atomic E-state index is 0.117. The van der Waals surface area contributed by atoms with Crippen molar-refractivity contribution < 1.29 is 4.92 Å². The number of rotatable bonds is 20. The van der Waals surface area contributed by atoms with Crippen molar-refractivity contribution in [2.24, 2.45) is 4.99 Å². The standard InChI is InChI=1S/C25H42N2O2S/c1-2-3-4-5-6-7-8-9-10-11-12-13-14-15-20-30-21-19-26-23-24-17-16-18-25(22-24)27(28)29/h16-18,22-23H,2-15,19-21H2,1H3. The van der Waals surface area contributed by atoms with Gasteiger partial charge in [0.1, 0.15) is 0 Å². The summed E-state index contributed by atoms with van der Waals surface area (Å²) < 4.78 is 0. The summed E-state index contributed by atoms with van der Waals surface area (Å²) >= 11 is 1.96. The van der Waals surface area contributed by atoms with Crippen molar-refractivity contribution >= 4 is 23.7 Å². The second-order valence-corrected chi connectivity index (χ2v) is 9.32. The van der Waals surface area contributed by atoms with Gasteiger partial charge in [0, 0.05) is 30.6 Å². The van der Waals surface area contributed by atoms with Crippen molar-refractivity contribution in [2.75, 3.05) is 18.1 Å². The van der Waals surface area contributed by atoms with Gasteiger partial charge in [-0.15, -0.1) is 0 Å². The zero-order valence-electron chi connectivity index (χ0n) is 19.0. The minimum atomic E-state index is -0.371. The van der Waals surface area contributed by atoms with Crippen LogP contribution in [0, 0.1) is 10.1 Å². The maximum Gasteiger partial charge on any atom is 0.270 e. The third-order valence-electron chi connectivity index (χ3n) is 5.33. The van der Waals surface area contributed by atoms with Crippen LogP contribution in [0.5, 0.6) is 0 Å². The van der Waals surface area contributed by atoms with Crippen molar-refractivity contribution in [1.82, 2.24) is 0 Å². The molecule has 0 aliphatic rings. The van der Waals surface area contributed by atoms with Gasteiger partial charge < -0.3 is 0 Å². The van der Waals surface area contributed by atoms with Crippen LogP contribution in [0.3, 0.4) is 0 Å². The number of thioether (sulfide) groups is 1. The molecule has 1 rings (SSSR count). The number of hydrogen-bond donors (Lipinski definition) is 0. The quantitative estimate of drug-likeness (QED) is 0.0898. The van der Waals surface area contributed by atoms with E-state index >= 15 is 0 Å². The van der Waals surface area contributed by atoms with Gasteiger partial charge in [-0.2, -0.15) is 11.8 Å². The maximum absolute atomic E-state index is 10.8. The van der Waals surface area contributed by atoms with Crippen molar-refractivity contribution in [1.29, 1.82) is 0 Å². The molecule has 0 atom stereocenters. The summed E-state index contributed by atoms with van der Waals surface area (Å²) in [6, 6.07) is 6.61. The molecule has 0 heterocycles.